The zero-order valence-electron chi connectivity index (χ0n) is 16.0. The smallest absolute Gasteiger partial charge is 0.277 e. The van der Waals surface area contributed by atoms with Crippen molar-refractivity contribution in [1.82, 2.24) is 4.31 Å². The van der Waals surface area contributed by atoms with Crippen LogP contribution in [0.4, 0.5) is 24.5 Å². The van der Waals surface area contributed by atoms with Crippen LogP contribution in [0.15, 0.2) is 52.5 Å². The van der Waals surface area contributed by atoms with Crippen LogP contribution in [0.2, 0.25) is 0 Å². The number of nitrogens with one attached hydrogen (secondary N) is 1. The second-order valence-electron chi connectivity index (χ2n) is 5.98. The number of hydrogen-bond donors (Lipinski definition) is 1. The zero-order chi connectivity index (χ0) is 22.5. The lowest BCUT2D eigenvalue weighted by Crippen LogP contribution is -2.31. The van der Waals surface area contributed by atoms with Crippen molar-refractivity contribution in [2.45, 2.75) is 24.9 Å². The Balaban J connectivity index is 2.46. The SMILES string of the molecule is CCN(CC)S(=O)(=O)c1cc([N+](=O)[O-])ccc1N/N=C/c1ccccc1C(F)(F)F. The molecule has 0 bridgehead atoms. The molecule has 0 heterocycles. The molecule has 0 aromatic heterocycles. The molecule has 0 radical (unpaired) electrons. The quantitative estimate of drug-likeness (QED) is 0.375. The lowest BCUT2D eigenvalue weighted by atomic mass is 10.1. The Morgan fingerprint density at radius 1 is 1.17 bits per heavy atom. The summed E-state index contributed by atoms with van der Waals surface area (Å²) in [4.78, 5) is 9.93. The highest BCUT2D eigenvalue weighted by atomic mass is 32.2. The highest BCUT2D eigenvalue weighted by Crippen LogP contribution is 2.32. The van der Waals surface area contributed by atoms with Gasteiger partial charge in [0.05, 0.1) is 22.4 Å². The molecule has 0 saturated carbocycles. The third-order valence-corrected chi connectivity index (χ3v) is 6.24. The van der Waals surface area contributed by atoms with Crippen LogP contribution >= 0.6 is 0 Å². The maximum Gasteiger partial charge on any atom is 0.417 e. The van der Waals surface area contributed by atoms with E-state index in [-0.39, 0.29) is 24.3 Å². The molecule has 2 aromatic carbocycles. The number of rotatable bonds is 8. The number of non-ortho nitro benzene ring substituents is 1. The molecule has 0 amide bonds. The van der Waals surface area contributed by atoms with E-state index >= 15 is 0 Å². The van der Waals surface area contributed by atoms with Crippen LogP contribution in [0.1, 0.15) is 25.0 Å². The van der Waals surface area contributed by atoms with Crippen molar-refractivity contribution in [3.05, 3.63) is 63.7 Å². The van der Waals surface area contributed by atoms with Gasteiger partial charge < -0.3 is 0 Å². The molecule has 2 rings (SSSR count). The molecular weight excluding hydrogens is 425 g/mol. The van der Waals surface area contributed by atoms with Crippen molar-refractivity contribution < 1.29 is 26.5 Å². The van der Waals surface area contributed by atoms with Crippen molar-refractivity contribution in [3.63, 3.8) is 0 Å². The standard InChI is InChI=1S/C18H19F3N4O4S/c1-3-24(4-2)30(28,29)17-11-14(25(26)27)9-10-16(17)23-22-12-13-7-5-6-8-15(13)18(19,20)21/h5-12,23H,3-4H2,1-2H3/b22-12+. The van der Waals surface area contributed by atoms with Gasteiger partial charge in [-0.05, 0) is 12.1 Å². The van der Waals surface area contributed by atoms with Crippen molar-refractivity contribution in [2.75, 3.05) is 18.5 Å². The number of benzene rings is 2. The monoisotopic (exact) mass is 444 g/mol. The fraction of sp³-hybridized carbons (Fsp3) is 0.278. The lowest BCUT2D eigenvalue weighted by molar-refractivity contribution is -0.385. The summed E-state index contributed by atoms with van der Waals surface area (Å²) >= 11 is 0. The molecule has 0 aliphatic rings. The first kappa shape index (κ1) is 23.3. The molecule has 162 valence electrons. The van der Waals surface area contributed by atoms with Crippen LogP contribution in [0, 0.1) is 10.1 Å². The molecule has 0 atom stereocenters. The maximum absolute atomic E-state index is 13.1. The molecule has 0 aliphatic heterocycles. The first-order chi connectivity index (χ1) is 14.0. The minimum atomic E-state index is -4.59. The second kappa shape index (κ2) is 9.22. The Bertz CT molecular complexity index is 1050. The lowest BCUT2D eigenvalue weighted by Gasteiger charge is -2.20. The van der Waals surface area contributed by atoms with Gasteiger partial charge in [-0.2, -0.15) is 22.6 Å². The molecule has 30 heavy (non-hydrogen) atoms. The minimum absolute atomic E-state index is 0.103. The molecule has 12 heteroatoms. The number of halogens is 3. The van der Waals surface area contributed by atoms with Gasteiger partial charge in [0.2, 0.25) is 10.0 Å². The summed E-state index contributed by atoms with van der Waals surface area (Å²) in [5, 5.41) is 14.8. The molecule has 1 N–H and O–H groups in total. The van der Waals surface area contributed by atoms with Crippen LogP contribution < -0.4 is 5.43 Å². The summed E-state index contributed by atoms with van der Waals surface area (Å²) in [6.07, 6.45) is -3.69. The fourth-order valence-electron chi connectivity index (χ4n) is 2.67. The van der Waals surface area contributed by atoms with Gasteiger partial charge >= 0.3 is 6.18 Å². The summed E-state index contributed by atoms with van der Waals surface area (Å²) in [5.41, 5.74) is 0.703. The van der Waals surface area contributed by atoms with E-state index in [1.807, 2.05) is 0 Å². The predicted octanol–water partition coefficient (Wildman–Crippen LogP) is 4.09. The third kappa shape index (κ3) is 5.13. The fourth-order valence-corrected chi connectivity index (χ4v) is 4.29. The van der Waals surface area contributed by atoms with Gasteiger partial charge in [-0.15, -0.1) is 0 Å². The van der Waals surface area contributed by atoms with Crippen molar-refractivity contribution >= 4 is 27.6 Å². The van der Waals surface area contributed by atoms with Crippen molar-refractivity contribution in [3.8, 4) is 0 Å². The van der Waals surface area contributed by atoms with Gasteiger partial charge in [-0.25, -0.2) is 8.42 Å². The Labute approximate surface area is 171 Å². The predicted molar refractivity (Wildman–Crippen MR) is 106 cm³/mol. The van der Waals surface area contributed by atoms with Gasteiger partial charge in [0.15, 0.2) is 0 Å². The number of alkyl halides is 3. The molecule has 0 unspecified atom stereocenters. The van der Waals surface area contributed by atoms with E-state index in [2.05, 4.69) is 10.5 Å². The molecule has 0 spiro atoms. The van der Waals surface area contributed by atoms with E-state index in [9.17, 15) is 31.7 Å². The van der Waals surface area contributed by atoms with E-state index in [1.165, 1.54) is 18.2 Å². The first-order valence-electron chi connectivity index (χ1n) is 8.76. The molecule has 0 saturated heterocycles. The number of hydrazone groups is 1. The summed E-state index contributed by atoms with van der Waals surface area (Å²) in [7, 11) is -4.10. The van der Waals surface area contributed by atoms with Crippen molar-refractivity contribution in [1.29, 1.82) is 0 Å². The van der Waals surface area contributed by atoms with Gasteiger partial charge in [-0.1, -0.05) is 32.0 Å². The minimum Gasteiger partial charge on any atom is -0.277 e. The van der Waals surface area contributed by atoms with E-state index in [0.717, 1.165) is 34.8 Å². The summed E-state index contributed by atoms with van der Waals surface area (Å²) < 4.78 is 66.1. The van der Waals surface area contributed by atoms with Gasteiger partial charge in [0.1, 0.15) is 4.90 Å². The summed E-state index contributed by atoms with van der Waals surface area (Å²) in [6, 6.07) is 7.83. The molecule has 0 fully saturated rings. The number of nitro benzene ring substituents is 1. The summed E-state index contributed by atoms with van der Waals surface area (Å²) in [6.45, 7) is 3.47. The number of nitro groups is 1. The highest BCUT2D eigenvalue weighted by molar-refractivity contribution is 7.89. The second-order valence-corrected chi connectivity index (χ2v) is 7.89. The third-order valence-electron chi connectivity index (χ3n) is 4.15. The van der Waals surface area contributed by atoms with Crippen LogP contribution in [0.3, 0.4) is 0 Å². The molecule has 8 nitrogen and oxygen atoms in total. The zero-order valence-corrected chi connectivity index (χ0v) is 16.9. The molecule has 2 aromatic rings. The van der Waals surface area contributed by atoms with Gasteiger partial charge in [0, 0.05) is 30.8 Å². The van der Waals surface area contributed by atoms with E-state index in [1.54, 1.807) is 13.8 Å². The molecular formula is C18H19F3N4O4S. The Hall–Kier alpha value is -2.99. The van der Waals surface area contributed by atoms with E-state index < -0.39 is 37.3 Å². The number of anilines is 1. The van der Waals surface area contributed by atoms with Crippen LogP contribution in [0.5, 0.6) is 0 Å². The maximum atomic E-state index is 13.1. The van der Waals surface area contributed by atoms with E-state index in [4.69, 9.17) is 0 Å². The average molecular weight is 444 g/mol. The Morgan fingerprint density at radius 2 is 1.80 bits per heavy atom. The van der Waals surface area contributed by atoms with Crippen LogP contribution in [-0.4, -0.2) is 37.0 Å². The first-order valence-corrected chi connectivity index (χ1v) is 10.2. The van der Waals surface area contributed by atoms with E-state index in [0.29, 0.717) is 0 Å². The number of sulfonamides is 1. The van der Waals surface area contributed by atoms with Gasteiger partial charge in [0.25, 0.3) is 5.69 Å². The largest absolute Gasteiger partial charge is 0.417 e. The Morgan fingerprint density at radius 3 is 2.37 bits per heavy atom. The van der Waals surface area contributed by atoms with Gasteiger partial charge in [-0.3, -0.25) is 15.5 Å². The average Bonchev–Trinajstić information content (AvgIpc) is 2.68. The number of hydrogen-bond acceptors (Lipinski definition) is 6. The number of nitrogens with zero attached hydrogens (tertiary/aromatic N) is 3. The topological polar surface area (TPSA) is 105 Å². The van der Waals surface area contributed by atoms with Crippen molar-refractivity contribution in [2.24, 2.45) is 5.10 Å². The van der Waals surface area contributed by atoms with Crippen LogP contribution in [-0.2, 0) is 16.2 Å². The Kier molecular flexibility index (Phi) is 7.16. The normalized spacial score (nSPS) is 12.5. The molecule has 0 aliphatic carbocycles. The summed E-state index contributed by atoms with van der Waals surface area (Å²) in [5.74, 6) is 0. The van der Waals surface area contributed by atoms with Crippen LogP contribution in [0.25, 0.3) is 0 Å². The highest BCUT2D eigenvalue weighted by Gasteiger charge is 2.32.